The van der Waals surface area contributed by atoms with E-state index in [1.165, 1.54) is 11.3 Å². The number of halogens is 2. The van der Waals surface area contributed by atoms with Gasteiger partial charge in [-0.05, 0) is 21.3 Å². The van der Waals surface area contributed by atoms with Crippen LogP contribution in [0.1, 0.15) is 18.4 Å². The summed E-state index contributed by atoms with van der Waals surface area (Å²) in [5.41, 5.74) is 5.18. The standard InChI is InChI=1S/C8H9BrFNS/c9-7-4-12-3-6(7)8(10)1-5(11)2-8/h3-5H,1-2,11H2. The van der Waals surface area contributed by atoms with E-state index in [4.69, 9.17) is 5.73 Å². The molecule has 0 amide bonds. The molecule has 1 aliphatic rings. The van der Waals surface area contributed by atoms with E-state index < -0.39 is 5.67 Å². The molecule has 1 fully saturated rings. The molecular weight excluding hydrogens is 241 g/mol. The number of nitrogens with two attached hydrogens (primary N) is 1. The Morgan fingerprint density at radius 2 is 2.25 bits per heavy atom. The maximum Gasteiger partial charge on any atom is 0.140 e. The van der Waals surface area contributed by atoms with Crippen LogP contribution in [-0.2, 0) is 5.67 Å². The first-order valence-corrected chi connectivity index (χ1v) is 5.52. The molecule has 1 aromatic heterocycles. The third-order valence-corrected chi connectivity index (χ3v) is 3.97. The zero-order valence-corrected chi connectivity index (χ0v) is 8.79. The van der Waals surface area contributed by atoms with Crippen molar-refractivity contribution in [3.05, 3.63) is 20.8 Å². The van der Waals surface area contributed by atoms with Gasteiger partial charge >= 0.3 is 0 Å². The van der Waals surface area contributed by atoms with Crippen molar-refractivity contribution in [1.29, 1.82) is 0 Å². The second kappa shape index (κ2) is 2.79. The molecule has 1 nitrogen and oxygen atoms in total. The highest BCUT2D eigenvalue weighted by Crippen LogP contribution is 2.47. The SMILES string of the molecule is NC1CC(F)(c2cscc2Br)C1. The Balaban J connectivity index is 2.26. The third-order valence-electron chi connectivity index (χ3n) is 2.27. The van der Waals surface area contributed by atoms with Crippen molar-refractivity contribution >= 4 is 27.3 Å². The van der Waals surface area contributed by atoms with Gasteiger partial charge in [-0.15, -0.1) is 0 Å². The lowest BCUT2D eigenvalue weighted by Gasteiger charge is -2.39. The number of rotatable bonds is 1. The monoisotopic (exact) mass is 249 g/mol. The molecule has 0 bridgehead atoms. The first kappa shape index (κ1) is 8.66. The molecule has 66 valence electrons. The van der Waals surface area contributed by atoms with Crippen molar-refractivity contribution in [3.8, 4) is 0 Å². The summed E-state index contributed by atoms with van der Waals surface area (Å²) in [5.74, 6) is 0. The first-order valence-electron chi connectivity index (χ1n) is 3.78. The summed E-state index contributed by atoms with van der Waals surface area (Å²) < 4.78 is 14.8. The second-order valence-corrected chi connectivity index (χ2v) is 4.86. The van der Waals surface area contributed by atoms with E-state index >= 15 is 0 Å². The highest BCUT2D eigenvalue weighted by atomic mass is 79.9. The van der Waals surface area contributed by atoms with Crippen LogP contribution in [0, 0.1) is 0 Å². The fourth-order valence-electron chi connectivity index (χ4n) is 1.59. The first-order chi connectivity index (χ1) is 5.62. The lowest BCUT2D eigenvalue weighted by atomic mass is 9.74. The molecule has 4 heteroatoms. The highest BCUT2D eigenvalue weighted by molar-refractivity contribution is 9.10. The van der Waals surface area contributed by atoms with Crippen LogP contribution in [0.2, 0.25) is 0 Å². The quantitative estimate of drug-likeness (QED) is 0.814. The Bertz CT molecular complexity index is 293. The van der Waals surface area contributed by atoms with Crippen molar-refractivity contribution in [1.82, 2.24) is 0 Å². The zero-order valence-electron chi connectivity index (χ0n) is 6.39. The molecule has 0 aliphatic heterocycles. The predicted molar refractivity (Wildman–Crippen MR) is 52.0 cm³/mol. The van der Waals surface area contributed by atoms with Crippen LogP contribution in [0.5, 0.6) is 0 Å². The van der Waals surface area contributed by atoms with Gasteiger partial charge in [-0.2, -0.15) is 11.3 Å². The lowest BCUT2D eigenvalue weighted by molar-refractivity contribution is 0.0403. The van der Waals surface area contributed by atoms with Crippen LogP contribution in [0.15, 0.2) is 15.2 Å². The minimum absolute atomic E-state index is 0.0433. The van der Waals surface area contributed by atoms with Gasteiger partial charge in [0.15, 0.2) is 0 Å². The Morgan fingerprint density at radius 3 is 2.67 bits per heavy atom. The van der Waals surface area contributed by atoms with E-state index in [0.717, 1.165) is 10.0 Å². The minimum atomic E-state index is -1.15. The normalized spacial score (nSPS) is 34.8. The van der Waals surface area contributed by atoms with Gasteiger partial charge in [0, 0.05) is 34.3 Å². The van der Waals surface area contributed by atoms with Gasteiger partial charge in [0.05, 0.1) is 0 Å². The number of thiophene rings is 1. The van der Waals surface area contributed by atoms with E-state index in [1.54, 1.807) is 0 Å². The summed E-state index contributed by atoms with van der Waals surface area (Å²) in [6, 6.07) is 0.0433. The Labute approximate surface area is 82.9 Å². The fourth-order valence-corrected chi connectivity index (χ4v) is 3.33. The topological polar surface area (TPSA) is 26.0 Å². The maximum atomic E-state index is 13.9. The summed E-state index contributed by atoms with van der Waals surface area (Å²) in [6.07, 6.45) is 0.921. The van der Waals surface area contributed by atoms with Gasteiger partial charge in [0.2, 0.25) is 0 Å². The van der Waals surface area contributed by atoms with Crippen molar-refractivity contribution in [2.45, 2.75) is 24.6 Å². The van der Waals surface area contributed by atoms with Crippen LogP contribution >= 0.6 is 27.3 Å². The van der Waals surface area contributed by atoms with Gasteiger partial charge in [-0.3, -0.25) is 0 Å². The smallest absolute Gasteiger partial charge is 0.140 e. The molecule has 0 atom stereocenters. The van der Waals surface area contributed by atoms with Crippen molar-refractivity contribution in [2.75, 3.05) is 0 Å². The van der Waals surface area contributed by atoms with Crippen LogP contribution in [0.4, 0.5) is 4.39 Å². The molecule has 2 N–H and O–H groups in total. The summed E-state index contributed by atoms with van der Waals surface area (Å²) in [7, 11) is 0. The Kier molecular flexibility index (Phi) is 2.01. The number of hydrogen-bond donors (Lipinski definition) is 1. The molecule has 1 heterocycles. The van der Waals surface area contributed by atoms with Gasteiger partial charge in [0.1, 0.15) is 5.67 Å². The van der Waals surface area contributed by atoms with E-state index in [9.17, 15) is 4.39 Å². The van der Waals surface area contributed by atoms with Crippen LogP contribution < -0.4 is 5.73 Å². The summed E-state index contributed by atoms with van der Waals surface area (Å²) in [4.78, 5) is 0. The molecule has 0 saturated heterocycles. The van der Waals surface area contributed by atoms with Crippen LogP contribution in [-0.4, -0.2) is 6.04 Å². The zero-order chi connectivity index (χ0) is 8.77. The maximum absolute atomic E-state index is 13.9. The second-order valence-electron chi connectivity index (χ2n) is 3.27. The average molecular weight is 250 g/mol. The molecule has 1 aliphatic carbocycles. The Morgan fingerprint density at radius 1 is 1.58 bits per heavy atom. The summed E-state index contributed by atoms with van der Waals surface area (Å²) >= 11 is 4.84. The highest BCUT2D eigenvalue weighted by Gasteiger charge is 2.45. The van der Waals surface area contributed by atoms with Crippen molar-refractivity contribution < 1.29 is 4.39 Å². The molecule has 0 radical (unpaired) electrons. The molecule has 0 spiro atoms. The average Bonchev–Trinajstić information content (AvgIpc) is 2.32. The van der Waals surface area contributed by atoms with Gasteiger partial charge in [-0.25, -0.2) is 4.39 Å². The Hall–Kier alpha value is 0.0700. The molecule has 0 unspecified atom stereocenters. The number of hydrogen-bond acceptors (Lipinski definition) is 2. The van der Waals surface area contributed by atoms with Crippen LogP contribution in [0.25, 0.3) is 0 Å². The fraction of sp³-hybridized carbons (Fsp3) is 0.500. The summed E-state index contributed by atoms with van der Waals surface area (Å²) in [6.45, 7) is 0. The van der Waals surface area contributed by atoms with Gasteiger partial charge < -0.3 is 5.73 Å². The molecular formula is C8H9BrFNS. The minimum Gasteiger partial charge on any atom is -0.327 e. The molecule has 12 heavy (non-hydrogen) atoms. The number of alkyl halides is 1. The van der Waals surface area contributed by atoms with Crippen molar-refractivity contribution in [2.24, 2.45) is 5.73 Å². The predicted octanol–water partition coefficient (Wildman–Crippen LogP) is 2.80. The summed E-state index contributed by atoms with van der Waals surface area (Å²) in [5, 5.41) is 3.76. The van der Waals surface area contributed by atoms with E-state index in [1.807, 2.05) is 10.8 Å². The largest absolute Gasteiger partial charge is 0.327 e. The van der Waals surface area contributed by atoms with E-state index in [2.05, 4.69) is 15.9 Å². The van der Waals surface area contributed by atoms with Crippen molar-refractivity contribution in [3.63, 3.8) is 0 Å². The van der Waals surface area contributed by atoms with E-state index in [0.29, 0.717) is 12.8 Å². The van der Waals surface area contributed by atoms with Crippen LogP contribution in [0.3, 0.4) is 0 Å². The van der Waals surface area contributed by atoms with E-state index in [-0.39, 0.29) is 6.04 Å². The third kappa shape index (κ3) is 1.22. The molecule has 1 aromatic rings. The molecule has 1 saturated carbocycles. The molecule has 2 rings (SSSR count). The molecule has 0 aromatic carbocycles. The lowest BCUT2D eigenvalue weighted by Crippen LogP contribution is -2.46. The van der Waals surface area contributed by atoms with Gasteiger partial charge in [0.25, 0.3) is 0 Å². The van der Waals surface area contributed by atoms with Gasteiger partial charge in [-0.1, -0.05) is 0 Å².